The number of aromatic amines is 1. The molecule has 112 valence electrons. The van der Waals surface area contributed by atoms with Gasteiger partial charge >= 0.3 is 0 Å². The molecular formula is C16H21N3O2. The summed E-state index contributed by atoms with van der Waals surface area (Å²) in [5.41, 5.74) is 4.33. The van der Waals surface area contributed by atoms with Crippen LogP contribution < -0.4 is 5.48 Å². The molecule has 0 aliphatic rings. The van der Waals surface area contributed by atoms with Gasteiger partial charge in [-0.15, -0.1) is 0 Å². The Hall–Kier alpha value is -2.14. The Bertz CT molecular complexity index is 631. The fourth-order valence-corrected chi connectivity index (χ4v) is 2.23. The van der Waals surface area contributed by atoms with Crippen molar-refractivity contribution >= 4 is 23.0 Å². The zero-order valence-electron chi connectivity index (χ0n) is 12.2. The van der Waals surface area contributed by atoms with Crippen LogP contribution in [0.15, 0.2) is 24.3 Å². The van der Waals surface area contributed by atoms with E-state index < -0.39 is 5.91 Å². The number of benzene rings is 1. The van der Waals surface area contributed by atoms with Crippen LogP contribution in [0.25, 0.3) is 17.1 Å². The molecule has 1 heterocycles. The first-order valence-corrected chi connectivity index (χ1v) is 7.33. The predicted octanol–water partition coefficient (Wildman–Crippen LogP) is 3.20. The lowest BCUT2D eigenvalue weighted by atomic mass is 10.1. The third-order valence-corrected chi connectivity index (χ3v) is 3.36. The zero-order chi connectivity index (χ0) is 15.1. The van der Waals surface area contributed by atoms with Crippen molar-refractivity contribution in [3.63, 3.8) is 0 Å². The second-order valence-electron chi connectivity index (χ2n) is 5.08. The molecule has 0 spiro atoms. The Kier molecular flexibility index (Phi) is 5.51. The largest absolute Gasteiger partial charge is 0.342 e. The number of fused-ring (bicyclic) bond motifs is 1. The molecule has 0 saturated heterocycles. The number of aryl methyl sites for hydroxylation is 1. The number of rotatable bonds is 7. The van der Waals surface area contributed by atoms with Crippen LogP contribution in [-0.4, -0.2) is 21.1 Å². The first kappa shape index (κ1) is 15.3. The van der Waals surface area contributed by atoms with E-state index in [9.17, 15) is 4.79 Å². The molecule has 0 aliphatic heterocycles. The summed E-state index contributed by atoms with van der Waals surface area (Å²) >= 11 is 0. The van der Waals surface area contributed by atoms with Crippen molar-refractivity contribution in [2.75, 3.05) is 0 Å². The summed E-state index contributed by atoms with van der Waals surface area (Å²) in [5.74, 6) is 0.462. The number of unbranched alkanes of at least 4 members (excludes halogenated alkanes) is 3. The Morgan fingerprint density at radius 3 is 3.00 bits per heavy atom. The highest BCUT2D eigenvalue weighted by Gasteiger charge is 2.03. The van der Waals surface area contributed by atoms with Crippen LogP contribution >= 0.6 is 0 Å². The van der Waals surface area contributed by atoms with Gasteiger partial charge in [0.2, 0.25) is 0 Å². The molecule has 3 N–H and O–H groups in total. The normalized spacial score (nSPS) is 11.3. The molecule has 0 unspecified atom stereocenters. The summed E-state index contributed by atoms with van der Waals surface area (Å²) < 4.78 is 0. The minimum atomic E-state index is -0.547. The van der Waals surface area contributed by atoms with Gasteiger partial charge in [0.25, 0.3) is 5.91 Å². The van der Waals surface area contributed by atoms with Crippen molar-refractivity contribution in [1.29, 1.82) is 0 Å². The highest BCUT2D eigenvalue weighted by atomic mass is 16.5. The average molecular weight is 287 g/mol. The number of hydrogen-bond acceptors (Lipinski definition) is 3. The maximum Gasteiger partial charge on any atom is 0.267 e. The molecule has 1 amide bonds. The first-order valence-electron chi connectivity index (χ1n) is 7.33. The molecule has 0 fully saturated rings. The summed E-state index contributed by atoms with van der Waals surface area (Å²) in [6, 6.07) is 5.78. The van der Waals surface area contributed by atoms with Gasteiger partial charge in [-0.25, -0.2) is 10.5 Å². The molecule has 1 aromatic heterocycles. The predicted molar refractivity (Wildman–Crippen MR) is 82.9 cm³/mol. The molecule has 0 atom stereocenters. The molecule has 0 aliphatic carbocycles. The van der Waals surface area contributed by atoms with Crippen molar-refractivity contribution in [2.24, 2.45) is 0 Å². The lowest BCUT2D eigenvalue weighted by Crippen LogP contribution is -2.14. The van der Waals surface area contributed by atoms with Crippen LogP contribution in [-0.2, 0) is 11.2 Å². The molecule has 5 heteroatoms. The third-order valence-electron chi connectivity index (χ3n) is 3.36. The molecule has 0 radical (unpaired) electrons. The van der Waals surface area contributed by atoms with E-state index in [0.29, 0.717) is 0 Å². The Morgan fingerprint density at radius 2 is 2.24 bits per heavy atom. The smallest absolute Gasteiger partial charge is 0.267 e. The van der Waals surface area contributed by atoms with E-state index in [-0.39, 0.29) is 0 Å². The van der Waals surface area contributed by atoms with E-state index in [1.807, 2.05) is 18.2 Å². The number of carbonyl (C=O) groups is 1. The minimum absolute atomic E-state index is 0.547. The number of hydroxylamine groups is 1. The summed E-state index contributed by atoms with van der Waals surface area (Å²) in [5, 5.41) is 8.44. The number of hydrogen-bond donors (Lipinski definition) is 3. The standard InChI is InChI=1S/C16H21N3O2/c1-2-3-4-5-6-15-17-13-9-7-12(11-14(13)18-15)8-10-16(20)19-21/h7-11,21H,2-6H2,1H3,(H,17,18)(H,19,20)/b10-8+. The van der Waals surface area contributed by atoms with Crippen LogP contribution in [0, 0.1) is 0 Å². The lowest BCUT2D eigenvalue weighted by molar-refractivity contribution is -0.124. The van der Waals surface area contributed by atoms with E-state index in [4.69, 9.17) is 5.21 Å². The van der Waals surface area contributed by atoms with Gasteiger partial charge in [0.1, 0.15) is 5.82 Å². The maximum absolute atomic E-state index is 11.0. The van der Waals surface area contributed by atoms with Crippen molar-refractivity contribution in [2.45, 2.75) is 39.0 Å². The van der Waals surface area contributed by atoms with Gasteiger partial charge in [0.05, 0.1) is 11.0 Å². The fraction of sp³-hybridized carbons (Fsp3) is 0.375. The lowest BCUT2D eigenvalue weighted by Gasteiger charge is -1.95. The van der Waals surface area contributed by atoms with Crippen LogP contribution in [0.1, 0.15) is 44.0 Å². The number of carbonyl (C=O) groups excluding carboxylic acids is 1. The average Bonchev–Trinajstić information content (AvgIpc) is 2.91. The van der Waals surface area contributed by atoms with E-state index >= 15 is 0 Å². The monoisotopic (exact) mass is 287 g/mol. The summed E-state index contributed by atoms with van der Waals surface area (Å²) in [4.78, 5) is 18.9. The first-order chi connectivity index (χ1) is 10.2. The van der Waals surface area contributed by atoms with Crippen LogP contribution in [0.2, 0.25) is 0 Å². The van der Waals surface area contributed by atoms with Crippen molar-refractivity contribution in [3.8, 4) is 0 Å². The van der Waals surface area contributed by atoms with Crippen molar-refractivity contribution in [1.82, 2.24) is 15.4 Å². The highest BCUT2D eigenvalue weighted by Crippen LogP contribution is 2.16. The summed E-state index contributed by atoms with van der Waals surface area (Å²) in [6.45, 7) is 2.20. The summed E-state index contributed by atoms with van der Waals surface area (Å²) in [7, 11) is 0. The van der Waals surface area contributed by atoms with Crippen LogP contribution in [0.4, 0.5) is 0 Å². The highest BCUT2D eigenvalue weighted by molar-refractivity contribution is 5.91. The van der Waals surface area contributed by atoms with Gasteiger partial charge in [0.15, 0.2) is 0 Å². The Balaban J connectivity index is 2.05. The molecule has 0 saturated carbocycles. The Labute approximate surface area is 124 Å². The van der Waals surface area contributed by atoms with Gasteiger partial charge < -0.3 is 4.98 Å². The summed E-state index contributed by atoms with van der Waals surface area (Å²) in [6.07, 6.45) is 8.76. The number of nitrogens with zero attached hydrogens (tertiary/aromatic N) is 1. The maximum atomic E-state index is 11.0. The molecule has 2 rings (SSSR count). The van der Waals surface area contributed by atoms with Crippen molar-refractivity contribution in [3.05, 3.63) is 35.7 Å². The third kappa shape index (κ3) is 4.43. The second-order valence-corrected chi connectivity index (χ2v) is 5.08. The number of imidazole rings is 1. The molecule has 2 aromatic rings. The van der Waals surface area contributed by atoms with E-state index in [2.05, 4.69) is 16.9 Å². The second kappa shape index (κ2) is 7.59. The quantitative estimate of drug-likeness (QED) is 0.317. The van der Waals surface area contributed by atoms with Crippen molar-refractivity contribution < 1.29 is 10.0 Å². The Morgan fingerprint density at radius 1 is 1.38 bits per heavy atom. The van der Waals surface area contributed by atoms with E-state index in [1.165, 1.54) is 25.3 Å². The van der Waals surface area contributed by atoms with Crippen LogP contribution in [0.5, 0.6) is 0 Å². The van der Waals surface area contributed by atoms with Gasteiger partial charge in [-0.1, -0.05) is 32.3 Å². The number of nitrogens with one attached hydrogen (secondary N) is 2. The van der Waals surface area contributed by atoms with Gasteiger partial charge in [0, 0.05) is 12.5 Å². The SMILES string of the molecule is CCCCCCc1nc2cc(/C=C/C(=O)NO)ccc2[nH]1. The molecule has 5 nitrogen and oxygen atoms in total. The van der Waals surface area contributed by atoms with E-state index in [0.717, 1.165) is 35.3 Å². The fourth-order valence-electron chi connectivity index (χ4n) is 2.23. The molecular weight excluding hydrogens is 266 g/mol. The number of H-pyrrole nitrogens is 1. The van der Waals surface area contributed by atoms with Gasteiger partial charge in [-0.3, -0.25) is 10.0 Å². The van der Waals surface area contributed by atoms with Crippen LogP contribution in [0.3, 0.4) is 0 Å². The van der Waals surface area contributed by atoms with E-state index in [1.54, 1.807) is 11.6 Å². The number of amides is 1. The zero-order valence-corrected chi connectivity index (χ0v) is 12.2. The van der Waals surface area contributed by atoms with Gasteiger partial charge in [-0.05, 0) is 30.2 Å². The molecule has 0 bridgehead atoms. The molecule has 1 aromatic carbocycles. The topological polar surface area (TPSA) is 78.0 Å². The molecule has 21 heavy (non-hydrogen) atoms. The minimum Gasteiger partial charge on any atom is -0.342 e. The van der Waals surface area contributed by atoms with Gasteiger partial charge in [-0.2, -0.15) is 0 Å². The number of aromatic nitrogens is 2.